The molecule has 0 spiro atoms. The molecule has 0 bridgehead atoms. The second-order valence-electron chi connectivity index (χ2n) is 9.86. The third-order valence-electron chi connectivity index (χ3n) is 6.81. The largest absolute Gasteiger partial charge is 0.497 e. The van der Waals surface area contributed by atoms with E-state index in [0.717, 1.165) is 16.7 Å². The minimum Gasteiger partial charge on any atom is -0.497 e. The molecule has 2 atom stereocenters. The van der Waals surface area contributed by atoms with Crippen LogP contribution in [0, 0.1) is 0 Å². The summed E-state index contributed by atoms with van der Waals surface area (Å²) in [6, 6.07) is 17.7. The van der Waals surface area contributed by atoms with Crippen molar-refractivity contribution < 1.29 is 19.1 Å². The first-order valence-electron chi connectivity index (χ1n) is 13.0. The average molecular weight is 584 g/mol. The standard InChI is InChI=1S/C30H32Cl2N4O4/c1-18(2)25-16-23(40-3)12-13-24(25)29(38)34-27(19-4-8-21(31)9-5-19)28(20-6-10-22(32)11-7-20)35-30(39)36-15-14-33-26(37)17-36/h4-13,16,18,27-28H,14-15,17H2,1-3H3,(H,33,37)(H,34,38)(H,35,39). The summed E-state index contributed by atoms with van der Waals surface area (Å²) in [7, 11) is 1.58. The van der Waals surface area contributed by atoms with Crippen LogP contribution in [0.15, 0.2) is 66.7 Å². The van der Waals surface area contributed by atoms with Crippen LogP contribution in [0.1, 0.15) is 58.9 Å². The Kier molecular flexibility index (Phi) is 9.55. The molecule has 1 aliphatic heterocycles. The van der Waals surface area contributed by atoms with E-state index in [1.807, 2.05) is 32.0 Å². The number of urea groups is 1. The lowest BCUT2D eigenvalue weighted by atomic mass is 9.91. The van der Waals surface area contributed by atoms with E-state index < -0.39 is 18.1 Å². The van der Waals surface area contributed by atoms with Gasteiger partial charge in [-0.15, -0.1) is 0 Å². The normalized spacial score (nSPS) is 14.8. The summed E-state index contributed by atoms with van der Waals surface area (Å²) in [5.74, 6) is 0.179. The number of amides is 4. The zero-order chi connectivity index (χ0) is 28.8. The molecule has 1 fully saturated rings. The first-order valence-corrected chi connectivity index (χ1v) is 13.7. The lowest BCUT2D eigenvalue weighted by Gasteiger charge is -2.33. The zero-order valence-corrected chi connectivity index (χ0v) is 24.1. The Balaban J connectivity index is 1.75. The number of nitrogens with zero attached hydrogens (tertiary/aromatic N) is 1. The van der Waals surface area contributed by atoms with E-state index in [-0.39, 0.29) is 24.3 Å². The highest BCUT2D eigenvalue weighted by atomic mass is 35.5. The molecular weight excluding hydrogens is 551 g/mol. The number of hydrogen-bond acceptors (Lipinski definition) is 4. The van der Waals surface area contributed by atoms with Crippen LogP contribution < -0.4 is 20.7 Å². The Labute approximate surface area is 244 Å². The second kappa shape index (κ2) is 13.1. The first-order chi connectivity index (χ1) is 19.2. The summed E-state index contributed by atoms with van der Waals surface area (Å²) >= 11 is 12.4. The van der Waals surface area contributed by atoms with Gasteiger partial charge in [0, 0.05) is 28.7 Å². The van der Waals surface area contributed by atoms with Gasteiger partial charge in [-0.05, 0) is 65.1 Å². The van der Waals surface area contributed by atoms with Crippen molar-refractivity contribution in [3.8, 4) is 5.75 Å². The molecule has 0 radical (unpaired) electrons. The molecule has 1 heterocycles. The number of benzene rings is 3. The minimum atomic E-state index is -0.708. The zero-order valence-electron chi connectivity index (χ0n) is 22.5. The number of carbonyl (C=O) groups excluding carboxylic acids is 3. The van der Waals surface area contributed by atoms with Gasteiger partial charge in [-0.1, -0.05) is 61.3 Å². The Morgan fingerprint density at radius 1 is 0.900 bits per heavy atom. The minimum absolute atomic E-state index is 0.0548. The van der Waals surface area contributed by atoms with Gasteiger partial charge in [-0.3, -0.25) is 9.59 Å². The van der Waals surface area contributed by atoms with E-state index in [1.54, 1.807) is 55.6 Å². The van der Waals surface area contributed by atoms with E-state index in [1.165, 1.54) is 4.90 Å². The van der Waals surface area contributed by atoms with Crippen LogP contribution in [0.3, 0.4) is 0 Å². The van der Waals surface area contributed by atoms with E-state index in [4.69, 9.17) is 27.9 Å². The van der Waals surface area contributed by atoms with Crippen LogP contribution in [-0.4, -0.2) is 49.5 Å². The maximum Gasteiger partial charge on any atom is 0.318 e. The van der Waals surface area contributed by atoms with Crippen molar-refractivity contribution in [3.05, 3.63) is 99.0 Å². The molecule has 4 amide bonds. The van der Waals surface area contributed by atoms with Gasteiger partial charge >= 0.3 is 6.03 Å². The number of piperazine rings is 1. The summed E-state index contributed by atoms with van der Waals surface area (Å²) in [6.45, 7) is 4.69. The van der Waals surface area contributed by atoms with Crippen LogP contribution in [0.2, 0.25) is 10.0 Å². The molecular formula is C30H32Cl2N4O4. The molecule has 3 aromatic rings. The van der Waals surface area contributed by atoms with E-state index in [0.29, 0.717) is 34.4 Å². The summed E-state index contributed by atoms with van der Waals surface area (Å²) in [4.78, 5) is 40.7. The van der Waals surface area contributed by atoms with Crippen LogP contribution in [0.4, 0.5) is 4.79 Å². The number of methoxy groups -OCH3 is 1. The van der Waals surface area contributed by atoms with E-state index in [9.17, 15) is 14.4 Å². The SMILES string of the molecule is COc1ccc(C(=O)NC(c2ccc(Cl)cc2)C(NC(=O)N2CCNC(=O)C2)c2ccc(Cl)cc2)c(C(C)C)c1. The molecule has 3 aromatic carbocycles. The lowest BCUT2D eigenvalue weighted by Crippen LogP contribution is -2.54. The van der Waals surface area contributed by atoms with Crippen LogP contribution in [0.25, 0.3) is 0 Å². The summed E-state index contributed by atoms with van der Waals surface area (Å²) in [5.41, 5.74) is 2.79. The highest BCUT2D eigenvalue weighted by Gasteiger charge is 2.32. The maximum atomic E-state index is 13.9. The molecule has 1 saturated heterocycles. The molecule has 40 heavy (non-hydrogen) atoms. The number of hydrogen-bond donors (Lipinski definition) is 3. The molecule has 0 aliphatic carbocycles. The molecule has 1 aliphatic rings. The number of ether oxygens (including phenoxy) is 1. The summed E-state index contributed by atoms with van der Waals surface area (Å²) in [6.07, 6.45) is 0. The summed E-state index contributed by atoms with van der Waals surface area (Å²) < 4.78 is 5.38. The molecule has 8 nitrogen and oxygen atoms in total. The maximum absolute atomic E-state index is 13.9. The predicted molar refractivity (Wildman–Crippen MR) is 156 cm³/mol. The van der Waals surface area contributed by atoms with Gasteiger partial charge in [-0.2, -0.15) is 0 Å². The van der Waals surface area contributed by atoms with Crippen molar-refractivity contribution in [2.45, 2.75) is 31.8 Å². The van der Waals surface area contributed by atoms with Crippen molar-refractivity contribution in [2.24, 2.45) is 0 Å². The highest BCUT2D eigenvalue weighted by Crippen LogP contribution is 2.32. The van der Waals surface area contributed by atoms with Crippen molar-refractivity contribution in [1.82, 2.24) is 20.9 Å². The third kappa shape index (κ3) is 7.06. The monoisotopic (exact) mass is 582 g/mol. The second-order valence-corrected chi connectivity index (χ2v) is 10.7. The Hall–Kier alpha value is -3.75. The number of carbonyl (C=O) groups is 3. The highest BCUT2D eigenvalue weighted by molar-refractivity contribution is 6.30. The average Bonchev–Trinajstić information content (AvgIpc) is 2.95. The fraction of sp³-hybridized carbons (Fsp3) is 0.300. The fourth-order valence-corrected chi connectivity index (χ4v) is 4.92. The van der Waals surface area contributed by atoms with E-state index >= 15 is 0 Å². The van der Waals surface area contributed by atoms with Gasteiger partial charge in [0.25, 0.3) is 5.91 Å². The van der Waals surface area contributed by atoms with Crippen LogP contribution in [-0.2, 0) is 4.79 Å². The molecule has 3 N–H and O–H groups in total. The quantitative estimate of drug-likeness (QED) is 0.327. The number of halogens is 2. The van der Waals surface area contributed by atoms with Crippen LogP contribution in [0.5, 0.6) is 5.75 Å². The summed E-state index contributed by atoms with van der Waals surface area (Å²) in [5, 5.41) is 10.0. The van der Waals surface area contributed by atoms with Gasteiger partial charge in [0.05, 0.1) is 19.2 Å². The van der Waals surface area contributed by atoms with Gasteiger partial charge in [0.15, 0.2) is 0 Å². The predicted octanol–water partition coefficient (Wildman–Crippen LogP) is 5.48. The lowest BCUT2D eigenvalue weighted by molar-refractivity contribution is -0.123. The van der Waals surface area contributed by atoms with Crippen molar-refractivity contribution in [1.29, 1.82) is 0 Å². The van der Waals surface area contributed by atoms with Crippen molar-refractivity contribution >= 4 is 41.0 Å². The first kappa shape index (κ1) is 29.2. The third-order valence-corrected chi connectivity index (χ3v) is 7.31. The molecule has 2 unspecified atom stereocenters. The van der Waals surface area contributed by atoms with E-state index in [2.05, 4.69) is 16.0 Å². The van der Waals surface area contributed by atoms with Gasteiger partial charge in [-0.25, -0.2) is 4.79 Å². The van der Waals surface area contributed by atoms with Gasteiger partial charge < -0.3 is 25.6 Å². The van der Waals surface area contributed by atoms with Gasteiger partial charge in [0.2, 0.25) is 5.91 Å². The Morgan fingerprint density at radius 3 is 2.00 bits per heavy atom. The molecule has 0 saturated carbocycles. The molecule has 4 rings (SSSR count). The molecule has 210 valence electrons. The van der Waals surface area contributed by atoms with Gasteiger partial charge in [0.1, 0.15) is 12.3 Å². The molecule has 10 heteroatoms. The smallest absolute Gasteiger partial charge is 0.318 e. The topological polar surface area (TPSA) is 99.8 Å². The van der Waals surface area contributed by atoms with Crippen molar-refractivity contribution in [2.75, 3.05) is 26.7 Å². The fourth-order valence-electron chi connectivity index (χ4n) is 4.67. The van der Waals surface area contributed by atoms with Crippen LogP contribution >= 0.6 is 23.2 Å². The Bertz CT molecular complexity index is 1360. The molecule has 0 aromatic heterocycles. The van der Waals surface area contributed by atoms with Crippen molar-refractivity contribution in [3.63, 3.8) is 0 Å². The number of rotatable bonds is 8. The Morgan fingerprint density at radius 2 is 1.48 bits per heavy atom. The number of nitrogens with one attached hydrogen (secondary N) is 3.